The van der Waals surface area contributed by atoms with Crippen LogP contribution in [-0.2, 0) is 20.4 Å². The molecule has 0 bridgehead atoms. The zero-order chi connectivity index (χ0) is 17.7. The third-order valence-electron chi connectivity index (χ3n) is 4.37. The van der Waals surface area contributed by atoms with E-state index in [1.54, 1.807) is 30.3 Å². The largest absolute Gasteiger partial charge is 0.381 e. The molecule has 1 aliphatic heterocycles. The third-order valence-corrected chi connectivity index (χ3v) is 6.41. The van der Waals surface area contributed by atoms with Crippen molar-refractivity contribution in [1.82, 2.24) is 8.96 Å². The second-order valence-corrected chi connectivity index (χ2v) is 8.17. The molecule has 130 valence electrons. The summed E-state index contributed by atoms with van der Waals surface area (Å²) in [6, 6.07) is 11.2. The number of pyridine rings is 1. The summed E-state index contributed by atoms with van der Waals surface area (Å²) in [6.07, 6.45) is 1.74. The van der Waals surface area contributed by atoms with Gasteiger partial charge in [-0.25, -0.2) is 17.4 Å². The molecular weight excluding hydrogens is 364 g/mol. The van der Waals surface area contributed by atoms with Crippen LogP contribution in [0.3, 0.4) is 0 Å². The van der Waals surface area contributed by atoms with E-state index in [4.69, 9.17) is 16.3 Å². The van der Waals surface area contributed by atoms with Crippen molar-refractivity contribution in [2.75, 3.05) is 13.2 Å². The second kappa shape index (κ2) is 5.81. The summed E-state index contributed by atoms with van der Waals surface area (Å²) in [6.45, 7) is 0.371. The molecule has 1 unspecified atom stereocenters. The number of halogens is 1. The van der Waals surface area contributed by atoms with Gasteiger partial charge in [0, 0.05) is 24.6 Å². The lowest BCUT2D eigenvalue weighted by molar-refractivity contribution is 0.0190. The van der Waals surface area contributed by atoms with Crippen molar-refractivity contribution < 1.29 is 18.3 Å². The highest BCUT2D eigenvalue weighted by Crippen LogP contribution is 2.37. The van der Waals surface area contributed by atoms with Gasteiger partial charge in [0.15, 0.2) is 5.65 Å². The Kier molecular flexibility index (Phi) is 3.84. The molecular formula is C17H15ClN2O4S. The van der Waals surface area contributed by atoms with Gasteiger partial charge in [-0.1, -0.05) is 29.8 Å². The zero-order valence-electron chi connectivity index (χ0n) is 13.1. The molecule has 1 saturated heterocycles. The smallest absolute Gasteiger partial charge is 0.269 e. The maximum atomic E-state index is 13.3. The maximum absolute atomic E-state index is 13.3. The normalized spacial score (nSPS) is 21.0. The molecule has 1 fully saturated rings. The van der Waals surface area contributed by atoms with E-state index in [0.717, 1.165) is 3.97 Å². The zero-order valence-corrected chi connectivity index (χ0v) is 14.7. The number of hydrogen-bond acceptors (Lipinski definition) is 5. The number of rotatable bonds is 3. The van der Waals surface area contributed by atoms with Crippen molar-refractivity contribution in [2.24, 2.45) is 0 Å². The molecule has 6 nitrogen and oxygen atoms in total. The monoisotopic (exact) mass is 378 g/mol. The molecule has 0 spiro atoms. The van der Waals surface area contributed by atoms with Crippen LogP contribution >= 0.6 is 11.6 Å². The number of hydrogen-bond donors (Lipinski definition) is 1. The highest BCUT2D eigenvalue weighted by molar-refractivity contribution is 7.90. The fourth-order valence-corrected chi connectivity index (χ4v) is 4.83. The summed E-state index contributed by atoms with van der Waals surface area (Å²) in [7, 11) is -3.97. The highest BCUT2D eigenvalue weighted by atomic mass is 35.5. The Labute approximate surface area is 149 Å². The molecule has 1 aliphatic rings. The number of ether oxygens (including phenoxy) is 1. The first-order valence-corrected chi connectivity index (χ1v) is 9.52. The number of nitrogens with zero attached hydrogens (tertiary/aromatic N) is 2. The predicted molar refractivity (Wildman–Crippen MR) is 93.1 cm³/mol. The van der Waals surface area contributed by atoms with E-state index in [0.29, 0.717) is 23.4 Å². The van der Waals surface area contributed by atoms with Crippen LogP contribution in [0.2, 0.25) is 5.02 Å². The Hall–Kier alpha value is -1.93. The second-order valence-electron chi connectivity index (χ2n) is 5.98. The molecule has 3 heterocycles. The standard InChI is InChI=1S/C17H15ClN2O4S/c18-14-6-8-19-16-13(14)10-15(17(21)7-9-24-11-17)20(16)25(22,23)12-4-2-1-3-5-12/h1-6,8,10,21H,7,9,11H2. The van der Waals surface area contributed by atoms with Gasteiger partial charge in [-0.3, -0.25) is 0 Å². The van der Waals surface area contributed by atoms with Crippen molar-refractivity contribution >= 4 is 32.7 Å². The maximum Gasteiger partial charge on any atom is 0.269 e. The Morgan fingerprint density at radius 2 is 2.00 bits per heavy atom. The van der Waals surface area contributed by atoms with E-state index in [1.165, 1.54) is 18.3 Å². The summed E-state index contributed by atoms with van der Waals surface area (Å²) in [4.78, 5) is 4.31. The van der Waals surface area contributed by atoms with Crippen LogP contribution in [0.25, 0.3) is 11.0 Å². The average Bonchev–Trinajstić information content (AvgIpc) is 3.22. The number of fused-ring (bicyclic) bond motifs is 1. The lowest BCUT2D eigenvalue weighted by Gasteiger charge is -2.22. The first-order valence-electron chi connectivity index (χ1n) is 7.71. The van der Waals surface area contributed by atoms with Crippen LogP contribution in [0, 0.1) is 0 Å². The van der Waals surface area contributed by atoms with Gasteiger partial charge < -0.3 is 9.84 Å². The molecule has 1 N–H and O–H groups in total. The van der Waals surface area contributed by atoms with Gasteiger partial charge >= 0.3 is 0 Å². The molecule has 0 saturated carbocycles. The molecule has 0 radical (unpaired) electrons. The van der Waals surface area contributed by atoms with Gasteiger partial charge in [0.1, 0.15) is 5.60 Å². The minimum atomic E-state index is -3.97. The summed E-state index contributed by atoms with van der Waals surface area (Å²) in [5.41, 5.74) is -1.01. The Bertz CT molecular complexity index is 1040. The van der Waals surface area contributed by atoms with Crippen LogP contribution in [0.4, 0.5) is 0 Å². The molecule has 0 amide bonds. The van der Waals surface area contributed by atoms with Gasteiger partial charge in [0.25, 0.3) is 10.0 Å². The van der Waals surface area contributed by atoms with Crippen LogP contribution in [0.5, 0.6) is 0 Å². The molecule has 2 aromatic heterocycles. The predicted octanol–water partition coefficient (Wildman–Crippen LogP) is 2.53. The summed E-state index contributed by atoms with van der Waals surface area (Å²) < 4.78 is 32.9. The topological polar surface area (TPSA) is 81.4 Å². The number of aromatic nitrogens is 2. The Balaban J connectivity index is 2.07. The minimum Gasteiger partial charge on any atom is -0.381 e. The van der Waals surface area contributed by atoms with Crippen LogP contribution < -0.4 is 0 Å². The van der Waals surface area contributed by atoms with Crippen molar-refractivity contribution in [2.45, 2.75) is 16.9 Å². The Morgan fingerprint density at radius 1 is 1.24 bits per heavy atom. The van der Waals surface area contributed by atoms with Gasteiger partial charge in [-0.05, 0) is 24.3 Å². The van der Waals surface area contributed by atoms with Crippen LogP contribution in [0.1, 0.15) is 12.1 Å². The van der Waals surface area contributed by atoms with Crippen LogP contribution in [0.15, 0.2) is 53.6 Å². The van der Waals surface area contributed by atoms with Crippen LogP contribution in [-0.4, -0.2) is 35.7 Å². The molecule has 1 atom stereocenters. The van der Waals surface area contributed by atoms with E-state index in [9.17, 15) is 13.5 Å². The summed E-state index contributed by atoms with van der Waals surface area (Å²) >= 11 is 6.23. The van der Waals surface area contributed by atoms with Gasteiger partial charge in [-0.15, -0.1) is 0 Å². The van der Waals surface area contributed by atoms with Crippen molar-refractivity contribution in [3.63, 3.8) is 0 Å². The lowest BCUT2D eigenvalue weighted by atomic mass is 9.99. The van der Waals surface area contributed by atoms with Gasteiger partial charge in [-0.2, -0.15) is 0 Å². The first kappa shape index (κ1) is 16.5. The fourth-order valence-electron chi connectivity index (χ4n) is 3.06. The quantitative estimate of drug-likeness (QED) is 0.757. The molecule has 8 heteroatoms. The summed E-state index contributed by atoms with van der Waals surface area (Å²) in [5.74, 6) is 0. The number of aliphatic hydroxyl groups is 1. The van der Waals surface area contributed by atoms with E-state index >= 15 is 0 Å². The summed E-state index contributed by atoms with van der Waals surface area (Å²) in [5, 5.41) is 11.8. The molecule has 4 rings (SSSR count). The van der Waals surface area contributed by atoms with E-state index in [-0.39, 0.29) is 22.8 Å². The number of benzene rings is 1. The molecule has 25 heavy (non-hydrogen) atoms. The highest BCUT2D eigenvalue weighted by Gasteiger charge is 2.40. The van der Waals surface area contributed by atoms with Gasteiger partial charge in [0.05, 0.1) is 22.2 Å². The SMILES string of the molecule is O=S(=O)(c1ccccc1)n1c(C2(O)CCOC2)cc2c(Cl)ccnc21. The van der Waals surface area contributed by atoms with Crippen molar-refractivity contribution in [3.8, 4) is 0 Å². The minimum absolute atomic E-state index is 0.0191. The Morgan fingerprint density at radius 3 is 2.68 bits per heavy atom. The average molecular weight is 379 g/mol. The lowest BCUT2D eigenvalue weighted by Crippen LogP contribution is -2.31. The third kappa shape index (κ3) is 2.55. The molecule has 1 aromatic carbocycles. The van der Waals surface area contributed by atoms with Gasteiger partial charge in [0.2, 0.25) is 0 Å². The molecule has 3 aromatic rings. The van der Waals surface area contributed by atoms with Crippen molar-refractivity contribution in [3.05, 3.63) is 59.4 Å². The first-order chi connectivity index (χ1) is 11.9. The van der Waals surface area contributed by atoms with E-state index in [2.05, 4.69) is 4.98 Å². The van der Waals surface area contributed by atoms with E-state index in [1.807, 2.05) is 0 Å². The fraction of sp³-hybridized carbons (Fsp3) is 0.235. The van der Waals surface area contributed by atoms with E-state index < -0.39 is 15.6 Å². The molecule has 0 aliphatic carbocycles. The van der Waals surface area contributed by atoms with Crippen molar-refractivity contribution in [1.29, 1.82) is 0 Å².